The van der Waals surface area contributed by atoms with Crippen LogP contribution in [0.25, 0.3) is 0 Å². The summed E-state index contributed by atoms with van der Waals surface area (Å²) in [7, 11) is -2.16. The topological polar surface area (TPSA) is 201 Å². The molecule has 5 saturated carbocycles. The number of nitrogens with zero attached hydrogens (tertiary/aromatic N) is 2. The summed E-state index contributed by atoms with van der Waals surface area (Å²) in [4.78, 5) is 68.2. The van der Waals surface area contributed by atoms with Crippen molar-refractivity contribution in [1.29, 1.82) is 0 Å². The highest BCUT2D eigenvalue weighted by Crippen LogP contribution is 2.76. The molecule has 0 aliphatic heterocycles. The van der Waals surface area contributed by atoms with Crippen LogP contribution < -0.4 is 10.6 Å². The monoisotopic (exact) mass is 980 g/mol. The van der Waals surface area contributed by atoms with Crippen LogP contribution in [0.2, 0.25) is 0 Å². The van der Waals surface area contributed by atoms with Gasteiger partial charge in [-0.25, -0.2) is 9.25 Å². The first-order chi connectivity index (χ1) is 31.2. The first-order valence-electron chi connectivity index (χ1n) is 24.1. The Balaban J connectivity index is 1.12. The average Bonchev–Trinajstić information content (AvgIpc) is 3.80. The summed E-state index contributed by atoms with van der Waals surface area (Å²) in [5.41, 5.74) is -4.65. The van der Waals surface area contributed by atoms with E-state index in [2.05, 4.69) is 50.4 Å². The van der Waals surface area contributed by atoms with Crippen molar-refractivity contribution in [2.24, 2.45) is 62.6 Å². The smallest absolute Gasteiger partial charge is 0.476 e. The van der Waals surface area contributed by atoms with Gasteiger partial charge in [-0.3, -0.25) is 37.5 Å². The number of rotatable bonds is 13. The Labute approximate surface area is 397 Å². The number of amides is 2. The molecular weight excluding hydrogens is 909 g/mol. The molecule has 1 aromatic rings. The fourth-order valence-corrected chi connectivity index (χ4v) is 15.4. The highest BCUT2D eigenvalue weighted by molar-refractivity contribution is 7.48. The minimum Gasteiger partial charge on any atom is -0.481 e. The number of phosphoric ester groups is 1. The van der Waals surface area contributed by atoms with E-state index in [0.717, 1.165) is 57.5 Å². The van der Waals surface area contributed by atoms with E-state index in [0.29, 0.717) is 35.9 Å². The van der Waals surface area contributed by atoms with Gasteiger partial charge in [0.1, 0.15) is 17.3 Å². The Kier molecular flexibility index (Phi) is 13.1. The molecule has 10 atom stereocenters. The van der Waals surface area contributed by atoms with Gasteiger partial charge in [-0.1, -0.05) is 62.3 Å². The molecule has 0 bridgehead atoms. The number of fused-ring (bicyclic) bond motifs is 7. The standard InChI is InChI=1S/C49H72F3N4O11P/c1-26(2)36-31(57)24-48(54-41(62)44(7,8)53-38(58)30-23-34(49(50,51)52)55-56(30)25-66-68(63,64-12)65-13)21-20-46(10)27(37(36)48)14-15-33-45(9)18-17-35(43(5,6)32(45)16-19-47(33,46)11)67-40(61)29-22-28(39(59)60)42(29,3)4/h23,26-29,32-33,35H,14-22,24-25H2,1-13H3,(H,53,58)(H,54,62)(H,59,60)/t27-,28+,29-,32+,33-,35+,45+,46-,47-,48-/m1/s1. The number of ketones is 1. The lowest BCUT2D eigenvalue weighted by Crippen LogP contribution is -2.68. The van der Waals surface area contributed by atoms with Gasteiger partial charge in [-0.05, 0) is 128 Å². The normalized spacial score (nSPS) is 35.3. The second-order valence-electron chi connectivity index (χ2n) is 23.6. The number of phosphoric acid groups is 1. The van der Waals surface area contributed by atoms with E-state index in [9.17, 15) is 46.8 Å². The molecule has 19 heteroatoms. The molecule has 380 valence electrons. The molecule has 6 aliphatic rings. The Hall–Kier alpha value is -3.60. The van der Waals surface area contributed by atoms with Crippen LogP contribution in [0.1, 0.15) is 157 Å². The van der Waals surface area contributed by atoms with Crippen LogP contribution in [-0.2, 0) is 55.0 Å². The molecule has 1 aromatic heterocycles. The molecule has 68 heavy (non-hydrogen) atoms. The number of alkyl halides is 3. The third kappa shape index (κ3) is 8.10. The summed E-state index contributed by atoms with van der Waals surface area (Å²) < 4.78 is 75.6. The average molecular weight is 981 g/mol. The van der Waals surface area contributed by atoms with E-state index in [1.54, 1.807) is 0 Å². The van der Waals surface area contributed by atoms with Gasteiger partial charge in [-0.15, -0.1) is 0 Å². The predicted octanol–water partition coefficient (Wildman–Crippen LogP) is 9.29. The molecule has 0 unspecified atom stereocenters. The summed E-state index contributed by atoms with van der Waals surface area (Å²) in [5.74, 6) is -3.58. The van der Waals surface area contributed by atoms with Gasteiger partial charge >= 0.3 is 25.9 Å². The van der Waals surface area contributed by atoms with Gasteiger partial charge in [0.05, 0.1) is 17.4 Å². The van der Waals surface area contributed by atoms with E-state index in [4.69, 9.17) is 18.3 Å². The second kappa shape index (κ2) is 17.0. The molecule has 0 radical (unpaired) electrons. The van der Waals surface area contributed by atoms with Gasteiger partial charge in [0, 0.05) is 32.1 Å². The van der Waals surface area contributed by atoms with Gasteiger partial charge in [0.15, 0.2) is 18.2 Å². The maximum Gasteiger partial charge on any atom is 0.476 e. The predicted molar refractivity (Wildman–Crippen MR) is 242 cm³/mol. The lowest BCUT2D eigenvalue weighted by molar-refractivity contribution is -0.235. The van der Waals surface area contributed by atoms with Crippen molar-refractivity contribution in [3.8, 4) is 0 Å². The summed E-state index contributed by atoms with van der Waals surface area (Å²) in [6.07, 6.45) is 1.38. The number of carboxylic acids is 1. The van der Waals surface area contributed by atoms with Crippen molar-refractivity contribution in [1.82, 2.24) is 20.4 Å². The lowest BCUT2D eigenvalue weighted by atomic mass is 9.33. The third-order valence-electron chi connectivity index (χ3n) is 18.9. The summed E-state index contributed by atoms with van der Waals surface area (Å²) in [6, 6.07) is 0.505. The van der Waals surface area contributed by atoms with Gasteiger partial charge < -0.3 is 20.5 Å². The van der Waals surface area contributed by atoms with Crippen LogP contribution in [0.15, 0.2) is 17.2 Å². The van der Waals surface area contributed by atoms with Crippen LogP contribution in [0, 0.1) is 62.6 Å². The summed E-state index contributed by atoms with van der Waals surface area (Å²) >= 11 is 0. The molecule has 7 rings (SSSR count). The van der Waals surface area contributed by atoms with E-state index < -0.39 is 78.2 Å². The number of hydrogen-bond acceptors (Lipinski definition) is 11. The van der Waals surface area contributed by atoms with Crippen LogP contribution in [0.4, 0.5) is 13.2 Å². The van der Waals surface area contributed by atoms with Crippen molar-refractivity contribution >= 4 is 37.4 Å². The quantitative estimate of drug-likeness (QED) is 0.125. The van der Waals surface area contributed by atoms with Crippen LogP contribution >= 0.6 is 7.82 Å². The van der Waals surface area contributed by atoms with Crippen LogP contribution in [-0.4, -0.2) is 75.8 Å². The highest BCUT2D eigenvalue weighted by atomic mass is 31.2. The Morgan fingerprint density at radius 2 is 1.54 bits per heavy atom. The Morgan fingerprint density at radius 3 is 2.12 bits per heavy atom. The van der Waals surface area contributed by atoms with Crippen LogP contribution in [0.5, 0.6) is 0 Å². The van der Waals surface area contributed by atoms with Gasteiger partial charge in [0.25, 0.3) is 5.91 Å². The van der Waals surface area contributed by atoms with E-state index in [1.807, 2.05) is 27.7 Å². The van der Waals surface area contributed by atoms with E-state index in [1.165, 1.54) is 13.8 Å². The molecule has 0 aromatic carbocycles. The van der Waals surface area contributed by atoms with Gasteiger partial charge in [-0.2, -0.15) is 18.3 Å². The van der Waals surface area contributed by atoms with E-state index in [-0.39, 0.29) is 70.1 Å². The molecule has 5 fully saturated rings. The molecule has 3 N–H and O–H groups in total. The zero-order chi connectivity index (χ0) is 50.7. The zero-order valence-electron chi connectivity index (χ0n) is 41.9. The van der Waals surface area contributed by atoms with Crippen molar-refractivity contribution in [2.75, 3.05) is 14.2 Å². The Morgan fingerprint density at radius 1 is 0.897 bits per heavy atom. The minimum absolute atomic E-state index is 0.0317. The molecule has 2 amide bonds. The number of ether oxygens (including phenoxy) is 1. The number of halogens is 3. The largest absolute Gasteiger partial charge is 0.481 e. The van der Waals surface area contributed by atoms with Crippen molar-refractivity contribution in [2.45, 2.75) is 170 Å². The van der Waals surface area contributed by atoms with Crippen molar-refractivity contribution in [3.63, 3.8) is 0 Å². The number of Topliss-reactive ketones (excluding diaryl/α,β-unsaturated/α-hetero) is 1. The van der Waals surface area contributed by atoms with Crippen molar-refractivity contribution < 1.29 is 65.1 Å². The molecular formula is C49H72F3N4O11P. The van der Waals surface area contributed by atoms with Gasteiger partial charge in [0.2, 0.25) is 5.91 Å². The maximum atomic E-state index is 14.6. The molecule has 15 nitrogen and oxygen atoms in total. The molecule has 0 spiro atoms. The minimum atomic E-state index is -4.95. The Bertz CT molecular complexity index is 2330. The van der Waals surface area contributed by atoms with E-state index >= 15 is 0 Å². The number of aromatic nitrogens is 2. The number of nitrogens with one attached hydrogen (secondary N) is 2. The number of hydrogen-bond donors (Lipinski definition) is 3. The maximum absolute atomic E-state index is 14.6. The molecule has 1 heterocycles. The van der Waals surface area contributed by atoms with Crippen molar-refractivity contribution in [3.05, 3.63) is 28.6 Å². The fourth-order valence-electron chi connectivity index (χ4n) is 14.8. The zero-order valence-corrected chi connectivity index (χ0v) is 42.8. The number of carboxylic acid groups (broad SMARTS) is 1. The second-order valence-corrected chi connectivity index (χ2v) is 25.5. The fraction of sp³-hybridized carbons (Fsp3) is 0.796. The van der Waals surface area contributed by atoms with Crippen LogP contribution in [0.3, 0.4) is 0 Å². The first kappa shape index (κ1) is 52.2. The number of esters is 1. The number of carbonyl (C=O) groups is 5. The SMILES string of the molecule is COP(=O)(OC)OCn1nc(C(F)(F)F)cc1C(=O)NC(C)(C)C(=O)N[C@@]12CC[C@]3(C)[C@H](CC[C@@H]4[C@@]5(C)CC[C@H](OC(=O)[C@H]6C[C@@H](C(=O)O)C6(C)C)C(C)(C)[C@@H]5CC[C@]43C)C1=C(C(C)C)C(=O)C2. The first-order valence-corrected chi connectivity index (χ1v) is 25.5. The highest BCUT2D eigenvalue weighted by Gasteiger charge is 2.71. The number of carbonyl (C=O) groups excluding carboxylic acids is 4. The number of aliphatic carboxylic acids is 1. The third-order valence-corrected chi connectivity index (χ3v) is 20.2. The lowest BCUT2D eigenvalue weighted by Gasteiger charge is -2.72. The number of allylic oxidation sites excluding steroid dienone is 1. The molecule has 0 saturated heterocycles. The summed E-state index contributed by atoms with van der Waals surface area (Å²) in [5, 5.41) is 19.0. The summed E-state index contributed by atoms with van der Waals surface area (Å²) in [6.45, 7) is 21.3. The molecule has 6 aliphatic carbocycles.